The van der Waals surface area contributed by atoms with Crippen LogP contribution in [0.15, 0.2) is 24.3 Å². The normalized spacial score (nSPS) is 17.9. The van der Waals surface area contributed by atoms with Crippen molar-refractivity contribution in [1.82, 2.24) is 0 Å². The van der Waals surface area contributed by atoms with Gasteiger partial charge in [0.1, 0.15) is 0 Å². The van der Waals surface area contributed by atoms with Gasteiger partial charge in [-0.3, -0.25) is 4.79 Å². The Bertz CT molecular complexity index is 390. The van der Waals surface area contributed by atoms with Gasteiger partial charge in [0.25, 0.3) is 0 Å². The molecule has 1 nitrogen and oxygen atoms in total. The molecule has 0 spiro atoms. The Kier molecular flexibility index (Phi) is 4.87. The summed E-state index contributed by atoms with van der Waals surface area (Å²) in [5.74, 6) is 0.580. The summed E-state index contributed by atoms with van der Waals surface area (Å²) >= 11 is 1.54. The molecule has 2 heteroatoms. The van der Waals surface area contributed by atoms with Crippen molar-refractivity contribution < 1.29 is 4.79 Å². The van der Waals surface area contributed by atoms with Crippen molar-refractivity contribution in [1.29, 1.82) is 0 Å². The highest BCUT2D eigenvalue weighted by molar-refractivity contribution is 8.14. The number of carbonyl (C=O) groups is 1. The predicted molar refractivity (Wildman–Crippen MR) is 79.3 cm³/mol. The van der Waals surface area contributed by atoms with Crippen LogP contribution in [0.1, 0.15) is 67.8 Å². The minimum absolute atomic E-state index is 0.248. The molecule has 1 aromatic carbocycles. The van der Waals surface area contributed by atoms with Crippen LogP contribution in [0.4, 0.5) is 0 Å². The van der Waals surface area contributed by atoms with E-state index < -0.39 is 0 Å². The van der Waals surface area contributed by atoms with Crippen LogP contribution in [0, 0.1) is 0 Å². The molecule has 0 bridgehead atoms. The lowest BCUT2D eigenvalue weighted by Crippen LogP contribution is -2.02. The van der Waals surface area contributed by atoms with Gasteiger partial charge in [0.15, 0.2) is 0 Å². The van der Waals surface area contributed by atoms with Crippen LogP contribution in [0.2, 0.25) is 0 Å². The summed E-state index contributed by atoms with van der Waals surface area (Å²) in [6.07, 6.45) is 6.14. The fraction of sp³-hybridized carbons (Fsp3) is 0.562. The maximum Gasteiger partial charge on any atom is 0.219 e. The van der Waals surface area contributed by atoms with E-state index in [1.165, 1.54) is 31.2 Å². The van der Waals surface area contributed by atoms with Gasteiger partial charge >= 0.3 is 0 Å². The summed E-state index contributed by atoms with van der Waals surface area (Å²) in [4.78, 5) is 12.1. The van der Waals surface area contributed by atoms with Gasteiger partial charge in [0.05, 0.1) is 0 Å². The molecule has 2 rings (SSSR count). The Labute approximate surface area is 114 Å². The maximum atomic E-state index is 12.1. The number of hydrogen-bond donors (Lipinski definition) is 0. The van der Waals surface area contributed by atoms with Crippen molar-refractivity contribution in [3.63, 3.8) is 0 Å². The van der Waals surface area contributed by atoms with Crippen LogP contribution in [-0.4, -0.2) is 10.4 Å². The summed E-state index contributed by atoms with van der Waals surface area (Å²) < 4.78 is 0. The molecule has 1 aliphatic rings. The summed E-state index contributed by atoms with van der Waals surface area (Å²) in [6, 6.07) is 8.20. The predicted octanol–water partition coefficient (Wildman–Crippen LogP) is 5.02. The highest BCUT2D eigenvalue weighted by Crippen LogP contribution is 2.31. The summed E-state index contributed by atoms with van der Waals surface area (Å²) in [5.41, 5.74) is 2.19. The quantitative estimate of drug-likeness (QED) is 0.758. The summed E-state index contributed by atoms with van der Waals surface area (Å²) in [6.45, 7) is 4.42. The molecule has 98 valence electrons. The van der Waals surface area contributed by atoms with Crippen LogP contribution >= 0.6 is 11.8 Å². The molecule has 1 unspecified atom stereocenters. The van der Waals surface area contributed by atoms with E-state index in [-0.39, 0.29) is 5.12 Å². The molecule has 0 amide bonds. The topological polar surface area (TPSA) is 17.1 Å². The molecule has 18 heavy (non-hydrogen) atoms. The minimum atomic E-state index is 0.248. The monoisotopic (exact) mass is 262 g/mol. The van der Waals surface area contributed by atoms with Crippen LogP contribution in [0.25, 0.3) is 0 Å². The van der Waals surface area contributed by atoms with Crippen molar-refractivity contribution in [3.8, 4) is 0 Å². The zero-order valence-corrected chi connectivity index (χ0v) is 12.1. The zero-order chi connectivity index (χ0) is 13.0. The van der Waals surface area contributed by atoms with E-state index in [0.717, 1.165) is 12.0 Å². The van der Waals surface area contributed by atoms with E-state index in [0.29, 0.717) is 11.2 Å². The highest BCUT2D eigenvalue weighted by atomic mass is 32.2. The van der Waals surface area contributed by atoms with Crippen molar-refractivity contribution in [3.05, 3.63) is 35.4 Å². The van der Waals surface area contributed by atoms with E-state index in [1.54, 1.807) is 11.8 Å². The maximum absolute atomic E-state index is 12.1. The number of rotatable bonds is 4. The molecule has 1 fully saturated rings. The smallest absolute Gasteiger partial charge is 0.219 e. The van der Waals surface area contributed by atoms with E-state index >= 15 is 0 Å². The van der Waals surface area contributed by atoms with Crippen LogP contribution in [0.5, 0.6) is 0 Å². The van der Waals surface area contributed by atoms with Gasteiger partial charge in [0.2, 0.25) is 5.12 Å². The lowest BCUT2D eigenvalue weighted by Gasteiger charge is -2.10. The Balaban J connectivity index is 1.97. The van der Waals surface area contributed by atoms with Gasteiger partial charge < -0.3 is 0 Å². The number of hydrogen-bond acceptors (Lipinski definition) is 2. The molecule has 0 N–H and O–H groups in total. The van der Waals surface area contributed by atoms with Crippen LogP contribution in [0.3, 0.4) is 0 Å². The standard InChI is InChI=1S/C16H22OS/c1-3-12(2)13-8-10-14(11-9-13)16(17)18-15-6-4-5-7-15/h8-12,15H,3-7H2,1-2H3. The number of thioether (sulfide) groups is 1. The number of carbonyl (C=O) groups excluding carboxylic acids is 1. The van der Waals surface area contributed by atoms with E-state index in [1.807, 2.05) is 12.1 Å². The zero-order valence-electron chi connectivity index (χ0n) is 11.3. The molecular formula is C16H22OS. The third kappa shape index (κ3) is 3.38. The molecule has 0 radical (unpaired) electrons. The third-order valence-corrected chi connectivity index (χ3v) is 5.16. The second-order valence-electron chi connectivity index (χ2n) is 5.24. The first kappa shape index (κ1) is 13.7. The van der Waals surface area contributed by atoms with Gasteiger partial charge in [-0.2, -0.15) is 0 Å². The van der Waals surface area contributed by atoms with Crippen molar-refractivity contribution in [2.24, 2.45) is 0 Å². The number of benzene rings is 1. The average Bonchev–Trinajstić information content (AvgIpc) is 2.91. The first-order valence-corrected chi connectivity index (χ1v) is 7.89. The molecule has 0 saturated heterocycles. The minimum Gasteiger partial charge on any atom is -0.282 e. The summed E-state index contributed by atoms with van der Waals surface area (Å²) in [7, 11) is 0. The second kappa shape index (κ2) is 6.42. The largest absolute Gasteiger partial charge is 0.282 e. The fourth-order valence-corrected chi connectivity index (χ4v) is 3.55. The van der Waals surface area contributed by atoms with E-state index in [4.69, 9.17) is 0 Å². The van der Waals surface area contributed by atoms with Gasteiger partial charge in [-0.15, -0.1) is 0 Å². The van der Waals surface area contributed by atoms with Crippen molar-refractivity contribution in [2.75, 3.05) is 0 Å². The summed E-state index contributed by atoms with van der Waals surface area (Å²) in [5, 5.41) is 0.810. The Morgan fingerprint density at radius 1 is 1.28 bits per heavy atom. The molecule has 1 atom stereocenters. The van der Waals surface area contributed by atoms with Gasteiger partial charge in [0, 0.05) is 10.8 Å². The van der Waals surface area contributed by atoms with Crippen LogP contribution < -0.4 is 0 Å². The van der Waals surface area contributed by atoms with Crippen LogP contribution in [-0.2, 0) is 0 Å². The molecule has 0 aliphatic heterocycles. The first-order valence-electron chi connectivity index (χ1n) is 7.01. The second-order valence-corrected chi connectivity index (χ2v) is 6.52. The van der Waals surface area contributed by atoms with E-state index in [9.17, 15) is 4.79 Å². The molecule has 1 aliphatic carbocycles. The Morgan fingerprint density at radius 3 is 2.44 bits per heavy atom. The lowest BCUT2D eigenvalue weighted by molar-refractivity contribution is 0.108. The fourth-order valence-electron chi connectivity index (χ4n) is 2.41. The molecule has 0 aromatic heterocycles. The van der Waals surface area contributed by atoms with Gasteiger partial charge in [-0.05, 0) is 30.7 Å². The highest BCUT2D eigenvalue weighted by Gasteiger charge is 2.20. The Hall–Kier alpha value is -0.760. The van der Waals surface area contributed by atoms with Crippen molar-refractivity contribution >= 4 is 16.9 Å². The third-order valence-electron chi connectivity index (χ3n) is 3.90. The average molecular weight is 262 g/mol. The Morgan fingerprint density at radius 2 is 1.89 bits per heavy atom. The molecular weight excluding hydrogens is 240 g/mol. The van der Waals surface area contributed by atoms with E-state index in [2.05, 4.69) is 26.0 Å². The van der Waals surface area contributed by atoms with Gasteiger partial charge in [-0.25, -0.2) is 0 Å². The SMILES string of the molecule is CCC(C)c1ccc(C(=O)SC2CCCC2)cc1. The first-order chi connectivity index (χ1) is 8.70. The lowest BCUT2D eigenvalue weighted by atomic mass is 9.98. The molecule has 1 saturated carbocycles. The molecule has 1 aromatic rings. The van der Waals surface area contributed by atoms with Gasteiger partial charge in [-0.1, -0.05) is 62.7 Å². The molecule has 0 heterocycles. The van der Waals surface area contributed by atoms with Crippen molar-refractivity contribution in [2.45, 2.75) is 57.1 Å².